The Bertz CT molecular complexity index is 798. The van der Waals surface area contributed by atoms with Crippen molar-refractivity contribution in [2.75, 3.05) is 13.1 Å². The molecule has 4 nitrogen and oxygen atoms in total. The molecule has 142 valence electrons. The van der Waals surface area contributed by atoms with Crippen LogP contribution in [0.5, 0.6) is 0 Å². The SMILES string of the molecule is O=C(c1ccc[n+]([O-])c1)N1CCC(C2=CCCC(C3=CCCCC3)=C2)CC1. The lowest BCUT2D eigenvalue weighted by Gasteiger charge is -2.33. The molecule has 1 aliphatic heterocycles. The number of amides is 1. The first-order valence-electron chi connectivity index (χ1n) is 10.3. The van der Waals surface area contributed by atoms with E-state index < -0.39 is 0 Å². The second-order valence-electron chi connectivity index (χ2n) is 7.91. The number of likely N-dealkylation sites (tertiary alicyclic amines) is 1. The topological polar surface area (TPSA) is 47.2 Å². The lowest BCUT2D eigenvalue weighted by Crippen LogP contribution is -2.40. The van der Waals surface area contributed by atoms with Crippen LogP contribution in [-0.4, -0.2) is 23.9 Å². The Balaban J connectivity index is 1.39. The summed E-state index contributed by atoms with van der Waals surface area (Å²) < 4.78 is 0.694. The first-order valence-corrected chi connectivity index (χ1v) is 10.3. The van der Waals surface area contributed by atoms with Crippen LogP contribution >= 0.6 is 0 Å². The Morgan fingerprint density at radius 2 is 1.93 bits per heavy atom. The van der Waals surface area contributed by atoms with Crippen molar-refractivity contribution in [1.29, 1.82) is 0 Å². The van der Waals surface area contributed by atoms with Gasteiger partial charge in [0.25, 0.3) is 5.91 Å². The molecule has 4 rings (SSSR count). The van der Waals surface area contributed by atoms with Gasteiger partial charge in [-0.15, -0.1) is 0 Å². The highest BCUT2D eigenvalue weighted by molar-refractivity contribution is 5.93. The van der Waals surface area contributed by atoms with Crippen molar-refractivity contribution < 1.29 is 9.52 Å². The molecule has 27 heavy (non-hydrogen) atoms. The predicted octanol–water partition coefficient (Wildman–Crippen LogP) is 4.32. The van der Waals surface area contributed by atoms with Gasteiger partial charge in [0.15, 0.2) is 12.4 Å². The van der Waals surface area contributed by atoms with E-state index in [-0.39, 0.29) is 5.91 Å². The molecule has 2 aliphatic carbocycles. The molecule has 0 N–H and O–H groups in total. The van der Waals surface area contributed by atoms with Gasteiger partial charge >= 0.3 is 0 Å². The molecular weight excluding hydrogens is 336 g/mol. The Labute approximate surface area is 161 Å². The van der Waals surface area contributed by atoms with Gasteiger partial charge in [0.2, 0.25) is 0 Å². The monoisotopic (exact) mass is 364 g/mol. The second kappa shape index (κ2) is 8.12. The van der Waals surface area contributed by atoms with E-state index in [4.69, 9.17) is 0 Å². The molecule has 1 saturated heterocycles. The first-order chi connectivity index (χ1) is 13.2. The third-order valence-electron chi connectivity index (χ3n) is 6.11. The molecule has 0 aromatic carbocycles. The molecule has 1 aromatic heterocycles. The molecule has 1 fully saturated rings. The minimum atomic E-state index is -0.0279. The van der Waals surface area contributed by atoms with Gasteiger partial charge < -0.3 is 10.1 Å². The predicted molar refractivity (Wildman–Crippen MR) is 106 cm³/mol. The molecule has 0 saturated carbocycles. The zero-order valence-corrected chi connectivity index (χ0v) is 15.9. The third-order valence-corrected chi connectivity index (χ3v) is 6.11. The van der Waals surface area contributed by atoms with E-state index in [0.29, 0.717) is 16.2 Å². The van der Waals surface area contributed by atoms with Crippen LogP contribution in [-0.2, 0) is 0 Å². The number of carbonyl (C=O) groups excluding carboxylic acids is 1. The summed E-state index contributed by atoms with van der Waals surface area (Å²) in [6, 6.07) is 3.35. The molecule has 2 heterocycles. The second-order valence-corrected chi connectivity index (χ2v) is 7.91. The van der Waals surface area contributed by atoms with E-state index in [2.05, 4.69) is 18.2 Å². The number of hydrogen-bond acceptors (Lipinski definition) is 2. The van der Waals surface area contributed by atoms with E-state index in [0.717, 1.165) is 32.4 Å². The summed E-state index contributed by atoms with van der Waals surface area (Å²) in [5.41, 5.74) is 5.09. The lowest BCUT2D eigenvalue weighted by atomic mass is 9.81. The highest BCUT2D eigenvalue weighted by atomic mass is 16.5. The van der Waals surface area contributed by atoms with E-state index in [1.165, 1.54) is 50.1 Å². The van der Waals surface area contributed by atoms with Gasteiger partial charge in [-0.3, -0.25) is 4.79 Å². The van der Waals surface area contributed by atoms with Crippen LogP contribution in [0.4, 0.5) is 0 Å². The molecule has 0 bridgehead atoms. The number of allylic oxidation sites excluding steroid dienone is 6. The van der Waals surface area contributed by atoms with Gasteiger partial charge in [0, 0.05) is 19.2 Å². The maximum atomic E-state index is 12.6. The Kier molecular flexibility index (Phi) is 5.42. The van der Waals surface area contributed by atoms with Crippen molar-refractivity contribution >= 4 is 5.91 Å². The Morgan fingerprint density at radius 1 is 1.07 bits per heavy atom. The zero-order chi connectivity index (χ0) is 18.6. The maximum Gasteiger partial charge on any atom is 0.259 e. The number of nitrogens with zero attached hydrogens (tertiary/aromatic N) is 2. The van der Waals surface area contributed by atoms with E-state index >= 15 is 0 Å². The van der Waals surface area contributed by atoms with Gasteiger partial charge in [-0.1, -0.05) is 18.2 Å². The van der Waals surface area contributed by atoms with E-state index in [9.17, 15) is 10.0 Å². The van der Waals surface area contributed by atoms with Crippen molar-refractivity contribution in [3.63, 3.8) is 0 Å². The summed E-state index contributed by atoms with van der Waals surface area (Å²) in [5.74, 6) is 0.522. The number of piperidine rings is 1. The summed E-state index contributed by atoms with van der Waals surface area (Å²) in [4.78, 5) is 14.5. The Hall–Kier alpha value is -2.36. The standard InChI is InChI=1S/C23H28N2O2/c26-23(22-10-5-13-25(27)17-22)24-14-11-19(12-15-24)21-9-4-8-20(16-21)18-6-2-1-3-7-18/h5-6,9-10,13,16-17,19H,1-4,7-8,11-12,14-15H2. The summed E-state index contributed by atoms with van der Waals surface area (Å²) in [7, 11) is 0. The molecular formula is C23H28N2O2. The third kappa shape index (κ3) is 4.15. The summed E-state index contributed by atoms with van der Waals surface area (Å²) in [6.45, 7) is 1.53. The van der Waals surface area contributed by atoms with Crippen molar-refractivity contribution in [1.82, 2.24) is 4.90 Å². The van der Waals surface area contributed by atoms with E-state index in [1.807, 2.05) is 4.90 Å². The maximum absolute atomic E-state index is 12.6. The highest BCUT2D eigenvalue weighted by Crippen LogP contribution is 2.35. The minimum absolute atomic E-state index is 0.0279. The molecule has 1 amide bonds. The largest absolute Gasteiger partial charge is 0.619 e. The van der Waals surface area contributed by atoms with Crippen molar-refractivity contribution in [2.24, 2.45) is 5.92 Å². The molecule has 3 aliphatic rings. The molecule has 1 aromatic rings. The molecule has 0 atom stereocenters. The average Bonchev–Trinajstić information content (AvgIpc) is 2.74. The van der Waals surface area contributed by atoms with Crippen LogP contribution in [0.3, 0.4) is 0 Å². The van der Waals surface area contributed by atoms with Gasteiger partial charge in [-0.2, -0.15) is 4.73 Å². The minimum Gasteiger partial charge on any atom is -0.619 e. The highest BCUT2D eigenvalue weighted by Gasteiger charge is 2.27. The first kappa shape index (κ1) is 18.0. The Morgan fingerprint density at radius 3 is 2.67 bits per heavy atom. The number of pyridine rings is 1. The van der Waals surface area contributed by atoms with Crippen molar-refractivity contribution in [3.05, 3.63) is 70.2 Å². The average molecular weight is 364 g/mol. The summed E-state index contributed by atoms with van der Waals surface area (Å²) in [6.07, 6.45) is 19.5. The van der Waals surface area contributed by atoms with Gasteiger partial charge in [0.05, 0.1) is 0 Å². The van der Waals surface area contributed by atoms with Crippen LogP contribution < -0.4 is 4.73 Å². The fourth-order valence-electron chi connectivity index (χ4n) is 4.57. The number of aromatic nitrogens is 1. The summed E-state index contributed by atoms with van der Waals surface area (Å²) in [5, 5.41) is 11.4. The zero-order valence-electron chi connectivity index (χ0n) is 15.9. The molecule has 0 unspecified atom stereocenters. The van der Waals surface area contributed by atoms with Crippen LogP contribution in [0.15, 0.2) is 59.5 Å². The summed E-state index contributed by atoms with van der Waals surface area (Å²) >= 11 is 0. The normalized spacial score (nSPS) is 21.3. The van der Waals surface area contributed by atoms with Gasteiger partial charge in [0.1, 0.15) is 5.56 Å². The molecule has 0 spiro atoms. The van der Waals surface area contributed by atoms with E-state index in [1.54, 1.807) is 23.3 Å². The van der Waals surface area contributed by atoms with Crippen LogP contribution in [0, 0.1) is 11.1 Å². The lowest BCUT2D eigenvalue weighted by molar-refractivity contribution is -0.605. The fourth-order valence-corrected chi connectivity index (χ4v) is 4.57. The van der Waals surface area contributed by atoms with Gasteiger partial charge in [-0.05, 0) is 80.1 Å². The van der Waals surface area contributed by atoms with Gasteiger partial charge in [-0.25, -0.2) is 0 Å². The van der Waals surface area contributed by atoms with Crippen LogP contribution in [0.2, 0.25) is 0 Å². The number of hydrogen-bond donors (Lipinski definition) is 0. The van der Waals surface area contributed by atoms with Crippen molar-refractivity contribution in [2.45, 2.75) is 51.4 Å². The fraction of sp³-hybridized carbons (Fsp3) is 0.478. The molecule has 4 heteroatoms. The smallest absolute Gasteiger partial charge is 0.259 e. The van der Waals surface area contributed by atoms with Crippen LogP contribution in [0.1, 0.15) is 61.7 Å². The van der Waals surface area contributed by atoms with Crippen molar-refractivity contribution in [3.8, 4) is 0 Å². The quantitative estimate of drug-likeness (QED) is 0.592. The number of rotatable bonds is 3. The number of carbonyl (C=O) groups is 1. The van der Waals surface area contributed by atoms with Crippen LogP contribution in [0.25, 0.3) is 0 Å². The molecule has 0 radical (unpaired) electrons.